The van der Waals surface area contributed by atoms with E-state index in [0.29, 0.717) is 6.42 Å². The lowest BCUT2D eigenvalue weighted by molar-refractivity contribution is 0.280. The summed E-state index contributed by atoms with van der Waals surface area (Å²) in [6.45, 7) is 0.276. The molecule has 0 aromatic rings. The summed E-state index contributed by atoms with van der Waals surface area (Å²) in [5.74, 6) is 2.37. The lowest BCUT2D eigenvalue weighted by Gasteiger charge is -1.87. The fourth-order valence-electron chi connectivity index (χ4n) is 0.356. The van der Waals surface area contributed by atoms with Crippen molar-refractivity contribution in [1.82, 2.24) is 0 Å². The predicted molar refractivity (Wildman–Crippen MR) is 46.8 cm³/mol. The third-order valence-corrected chi connectivity index (χ3v) is 0.776. The molecule has 0 aromatic carbocycles. The maximum absolute atomic E-state index is 8.06. The molecule has 0 aliphatic heterocycles. The molecule has 70 valence electrons. The van der Waals surface area contributed by atoms with Gasteiger partial charge < -0.3 is 19.3 Å². The van der Waals surface area contributed by atoms with E-state index >= 15 is 0 Å². The third kappa shape index (κ3) is 9.44. The second kappa shape index (κ2) is 10.4. The minimum absolute atomic E-state index is 0.276. The number of terminal acetylenes is 1. The second-order valence-corrected chi connectivity index (χ2v) is 1.62. The summed E-state index contributed by atoms with van der Waals surface area (Å²) in [5.41, 5.74) is 0. The minimum Gasteiger partial charge on any atom is -0.462 e. The molecule has 0 rings (SSSR count). The highest BCUT2D eigenvalue weighted by Crippen LogP contribution is 1.77. The lowest BCUT2D eigenvalue weighted by atomic mass is 10.5. The van der Waals surface area contributed by atoms with Crippen molar-refractivity contribution in [3.8, 4) is 49.0 Å². The Morgan fingerprint density at radius 3 is 2.50 bits per heavy atom. The van der Waals surface area contributed by atoms with Crippen LogP contribution < -0.4 is 0 Å². The maximum Gasteiger partial charge on any atom is 0.175 e. The Kier molecular flexibility index (Phi) is 8.53. The van der Waals surface area contributed by atoms with Crippen molar-refractivity contribution >= 4 is 0 Å². The average Bonchev–Trinajstić information content (AvgIpc) is 2.21. The summed E-state index contributed by atoms with van der Waals surface area (Å²) in [6, 6.07) is 0. The molecule has 0 aromatic heterocycles. The van der Waals surface area contributed by atoms with Gasteiger partial charge in [-0.1, -0.05) is 12.3 Å². The monoisotopic (exact) mass is 190 g/mol. The van der Waals surface area contributed by atoms with E-state index in [-0.39, 0.29) is 6.61 Å². The highest BCUT2D eigenvalue weighted by Gasteiger charge is 1.77. The first-order valence-electron chi connectivity index (χ1n) is 3.43. The van der Waals surface area contributed by atoms with E-state index in [2.05, 4.69) is 33.7 Å². The minimum atomic E-state index is 0.276. The molecule has 1 N–H and O–H groups in total. The summed E-state index contributed by atoms with van der Waals surface area (Å²) in [6.07, 6.45) is 17.0. The lowest BCUT2D eigenvalue weighted by Crippen LogP contribution is -1.84. The Labute approximate surface area is 82.2 Å². The van der Waals surface area contributed by atoms with Gasteiger partial charge in [0, 0.05) is 6.42 Å². The van der Waals surface area contributed by atoms with Gasteiger partial charge in [0.05, 0.1) is 0 Å². The fraction of sp³-hybridized carbons (Fsp3) is 0.200. The number of aliphatic hydroxyl groups excluding tert-OH is 1. The van der Waals surface area contributed by atoms with Gasteiger partial charge in [0.15, 0.2) is 24.4 Å². The molecule has 0 saturated carbocycles. The van der Waals surface area contributed by atoms with Crippen molar-refractivity contribution < 1.29 is 19.3 Å². The van der Waals surface area contributed by atoms with Crippen molar-refractivity contribution in [2.24, 2.45) is 0 Å². The molecule has 0 unspecified atom stereocenters. The molecule has 0 saturated heterocycles. The van der Waals surface area contributed by atoms with E-state index in [1.54, 1.807) is 6.11 Å². The number of rotatable bonds is 2. The molecule has 0 amide bonds. The zero-order valence-corrected chi connectivity index (χ0v) is 7.16. The van der Waals surface area contributed by atoms with Crippen LogP contribution in [-0.2, 0) is 14.2 Å². The molecule has 4 nitrogen and oxygen atoms in total. The normalized spacial score (nSPS) is 5.64. The summed E-state index contributed by atoms with van der Waals surface area (Å²) in [4.78, 5) is 0. The Bertz CT molecular complexity index is 359. The largest absolute Gasteiger partial charge is 0.462 e. The number of ether oxygens (including phenoxy) is 3. The van der Waals surface area contributed by atoms with Crippen molar-refractivity contribution in [1.29, 1.82) is 0 Å². The third-order valence-electron chi connectivity index (χ3n) is 0.776. The van der Waals surface area contributed by atoms with Crippen molar-refractivity contribution in [2.75, 3.05) is 6.61 Å². The van der Waals surface area contributed by atoms with Gasteiger partial charge in [-0.3, -0.25) is 0 Å². The molecule has 0 bridgehead atoms. The van der Waals surface area contributed by atoms with Crippen LogP contribution in [0.15, 0.2) is 0 Å². The van der Waals surface area contributed by atoms with Crippen LogP contribution in [0.3, 0.4) is 0 Å². The van der Waals surface area contributed by atoms with E-state index in [1.807, 2.05) is 12.2 Å². The maximum atomic E-state index is 8.06. The topological polar surface area (TPSA) is 47.9 Å². The van der Waals surface area contributed by atoms with Gasteiger partial charge in [-0.05, 0) is 0 Å². The van der Waals surface area contributed by atoms with Crippen molar-refractivity contribution in [3.63, 3.8) is 0 Å². The van der Waals surface area contributed by atoms with Crippen molar-refractivity contribution in [3.05, 3.63) is 0 Å². The zero-order chi connectivity index (χ0) is 10.5. The molecule has 0 radical (unpaired) electrons. The molecule has 0 atom stereocenters. The Morgan fingerprint density at radius 1 is 1.07 bits per heavy atom. The van der Waals surface area contributed by atoms with E-state index in [4.69, 9.17) is 16.3 Å². The van der Waals surface area contributed by atoms with Crippen LogP contribution in [0.4, 0.5) is 0 Å². The van der Waals surface area contributed by atoms with Crippen LogP contribution in [0.2, 0.25) is 0 Å². The zero-order valence-electron chi connectivity index (χ0n) is 7.16. The van der Waals surface area contributed by atoms with Gasteiger partial charge in [0.2, 0.25) is 0 Å². The second-order valence-electron chi connectivity index (χ2n) is 1.62. The quantitative estimate of drug-likeness (QED) is 0.498. The Hall–Kier alpha value is -2.56. The van der Waals surface area contributed by atoms with Gasteiger partial charge in [0.1, 0.15) is 18.8 Å². The van der Waals surface area contributed by atoms with Crippen LogP contribution in [0.25, 0.3) is 0 Å². The predicted octanol–water partition coefficient (Wildman–Crippen LogP) is 0.187. The van der Waals surface area contributed by atoms with E-state index in [0.717, 1.165) is 0 Å². The summed E-state index contributed by atoms with van der Waals surface area (Å²) in [5, 5.41) is 8.06. The van der Waals surface area contributed by atoms with Gasteiger partial charge in [-0.15, -0.1) is 0 Å². The Morgan fingerprint density at radius 2 is 1.79 bits per heavy atom. The van der Waals surface area contributed by atoms with E-state index in [1.165, 1.54) is 0 Å². The van der Waals surface area contributed by atoms with Gasteiger partial charge in [-0.25, -0.2) is 0 Å². The summed E-state index contributed by atoms with van der Waals surface area (Å²) < 4.78 is 13.3. The molecular formula is C10H6O4. The highest BCUT2D eigenvalue weighted by molar-refractivity contribution is 4.93. The molecule has 0 aliphatic carbocycles. The summed E-state index contributed by atoms with van der Waals surface area (Å²) >= 11 is 0. The molecule has 14 heavy (non-hydrogen) atoms. The number of hydrogen-bond acceptors (Lipinski definition) is 4. The smallest absolute Gasteiger partial charge is 0.175 e. The fourth-order valence-corrected chi connectivity index (χ4v) is 0.356. The average molecular weight is 190 g/mol. The van der Waals surface area contributed by atoms with Gasteiger partial charge in [0.25, 0.3) is 0 Å². The van der Waals surface area contributed by atoms with Crippen LogP contribution in [-0.4, -0.2) is 11.7 Å². The SMILES string of the molecule is C#COC#COC#COCCC#CO. The van der Waals surface area contributed by atoms with E-state index < -0.39 is 0 Å². The van der Waals surface area contributed by atoms with Gasteiger partial charge in [-0.2, -0.15) is 0 Å². The van der Waals surface area contributed by atoms with Gasteiger partial charge >= 0.3 is 0 Å². The van der Waals surface area contributed by atoms with Crippen LogP contribution in [0.1, 0.15) is 6.42 Å². The molecule has 4 heteroatoms. The highest BCUT2D eigenvalue weighted by atomic mass is 16.5. The van der Waals surface area contributed by atoms with Crippen LogP contribution in [0.5, 0.6) is 0 Å². The first kappa shape index (κ1) is 11.4. The number of hydrogen-bond donors (Lipinski definition) is 1. The van der Waals surface area contributed by atoms with Crippen molar-refractivity contribution in [2.45, 2.75) is 6.42 Å². The standard InChI is InChI=1S/C10H6O4/c1-2-12-7-8-14-10-9-13-6-4-3-5-11/h1,11H,4,6H2. The molecule has 0 heterocycles. The molecular weight excluding hydrogens is 184 g/mol. The molecule has 0 fully saturated rings. The van der Waals surface area contributed by atoms with E-state index in [9.17, 15) is 0 Å². The summed E-state index contributed by atoms with van der Waals surface area (Å²) in [7, 11) is 0. The first-order valence-corrected chi connectivity index (χ1v) is 3.43. The number of aliphatic hydroxyl groups is 1. The molecule has 0 spiro atoms. The Balaban J connectivity index is 3.40. The van der Waals surface area contributed by atoms with Crippen LogP contribution in [0, 0.1) is 49.0 Å². The molecule has 0 aliphatic rings. The first-order chi connectivity index (χ1) is 6.91. The van der Waals surface area contributed by atoms with Crippen LogP contribution >= 0.6 is 0 Å².